The van der Waals surface area contributed by atoms with Crippen LogP contribution in [-0.4, -0.2) is 29.6 Å². The molecule has 38 heavy (non-hydrogen) atoms. The number of allylic oxidation sites excluding steroid dienone is 4. The summed E-state index contributed by atoms with van der Waals surface area (Å²) in [6.07, 6.45) is 4.39. The minimum Gasteiger partial charge on any atom is -0.490 e. The number of aryl methyl sites for hydroxylation is 2. The van der Waals surface area contributed by atoms with Crippen molar-refractivity contribution in [1.29, 1.82) is 0 Å². The Morgan fingerprint density at radius 3 is 2.00 bits per heavy atom. The molecule has 2 aliphatic carbocycles. The molecule has 5 nitrogen and oxygen atoms in total. The van der Waals surface area contributed by atoms with E-state index in [-0.39, 0.29) is 11.6 Å². The van der Waals surface area contributed by atoms with Crippen molar-refractivity contribution in [3.05, 3.63) is 80.1 Å². The average Bonchev–Trinajstić information content (AvgIpc) is 2.87. The Hall–Kier alpha value is -3.05. The zero-order valence-electron chi connectivity index (χ0n) is 22.8. The summed E-state index contributed by atoms with van der Waals surface area (Å²) in [5.41, 5.74) is 7.90. The number of ketones is 2. The summed E-state index contributed by atoms with van der Waals surface area (Å²) in [5.74, 6) is 0.852. The largest absolute Gasteiger partial charge is 0.490 e. The van der Waals surface area contributed by atoms with Crippen LogP contribution in [0.15, 0.2) is 52.9 Å². The van der Waals surface area contributed by atoms with E-state index in [2.05, 4.69) is 43.9 Å². The highest BCUT2D eigenvalue weighted by Crippen LogP contribution is 2.51. The van der Waals surface area contributed by atoms with Gasteiger partial charge in [-0.05, 0) is 76.6 Å². The lowest BCUT2D eigenvalue weighted by Gasteiger charge is -2.43. The first-order chi connectivity index (χ1) is 18.3. The van der Waals surface area contributed by atoms with Gasteiger partial charge in [0, 0.05) is 47.8 Å². The number of rotatable bonds is 7. The van der Waals surface area contributed by atoms with Gasteiger partial charge >= 0.3 is 0 Å². The SMILES string of the molecule is CCOc1cc(C2C3=C(CCCC3=O)N(CC)C3=C2C(=O)CCC3)cc(Cl)c1OCc1cc(C)cc(C)c1. The number of hydrogen-bond donors (Lipinski definition) is 0. The molecule has 1 heterocycles. The van der Waals surface area contributed by atoms with Gasteiger partial charge in [0.05, 0.1) is 11.6 Å². The number of nitrogens with zero attached hydrogens (tertiary/aromatic N) is 1. The zero-order chi connectivity index (χ0) is 27.0. The molecule has 0 saturated carbocycles. The molecule has 0 fully saturated rings. The number of hydrogen-bond acceptors (Lipinski definition) is 5. The van der Waals surface area contributed by atoms with Gasteiger partial charge in [-0.25, -0.2) is 0 Å². The van der Waals surface area contributed by atoms with Gasteiger partial charge < -0.3 is 14.4 Å². The van der Waals surface area contributed by atoms with Crippen LogP contribution < -0.4 is 9.47 Å². The van der Waals surface area contributed by atoms with E-state index in [0.29, 0.717) is 42.6 Å². The Balaban J connectivity index is 1.60. The molecule has 0 atom stereocenters. The topological polar surface area (TPSA) is 55.8 Å². The quantitative estimate of drug-likeness (QED) is 0.372. The Kier molecular flexibility index (Phi) is 7.67. The molecule has 3 aliphatic rings. The fourth-order valence-electron chi connectivity index (χ4n) is 6.40. The van der Waals surface area contributed by atoms with Crippen molar-refractivity contribution in [1.82, 2.24) is 4.90 Å². The lowest BCUT2D eigenvalue weighted by molar-refractivity contribution is -0.117. The third-order valence-electron chi connectivity index (χ3n) is 7.73. The highest BCUT2D eigenvalue weighted by atomic mass is 35.5. The standard InChI is InChI=1S/C32H36ClNO4/c1-5-34-24-9-7-11-26(35)30(24)29(31-25(34)10-8-12-27(31)36)22-16-23(33)32(28(17-22)37-6-2)38-18-21-14-19(3)13-20(4)15-21/h13-17,29H,5-12,18H2,1-4H3. The second kappa shape index (κ2) is 11.0. The lowest BCUT2D eigenvalue weighted by Crippen LogP contribution is -2.39. The van der Waals surface area contributed by atoms with E-state index in [1.54, 1.807) is 0 Å². The fourth-order valence-corrected chi connectivity index (χ4v) is 6.67. The number of benzene rings is 2. The van der Waals surface area contributed by atoms with Gasteiger partial charge in [-0.1, -0.05) is 40.9 Å². The summed E-state index contributed by atoms with van der Waals surface area (Å²) in [4.78, 5) is 29.1. The van der Waals surface area contributed by atoms with Crippen molar-refractivity contribution in [3.63, 3.8) is 0 Å². The van der Waals surface area contributed by atoms with E-state index in [1.165, 1.54) is 11.1 Å². The van der Waals surface area contributed by atoms with E-state index in [1.807, 2.05) is 19.1 Å². The van der Waals surface area contributed by atoms with E-state index < -0.39 is 5.92 Å². The molecule has 0 radical (unpaired) electrons. The summed E-state index contributed by atoms with van der Waals surface area (Å²) in [7, 11) is 0. The Bertz CT molecular complexity index is 1290. The molecule has 0 spiro atoms. The average molecular weight is 534 g/mol. The van der Waals surface area contributed by atoms with Crippen LogP contribution in [0.25, 0.3) is 0 Å². The van der Waals surface area contributed by atoms with Gasteiger partial charge in [-0.3, -0.25) is 9.59 Å². The van der Waals surface area contributed by atoms with E-state index in [0.717, 1.165) is 65.9 Å². The first kappa shape index (κ1) is 26.6. The molecule has 0 bridgehead atoms. The first-order valence-corrected chi connectivity index (χ1v) is 14.2. The fraction of sp³-hybridized carbons (Fsp3) is 0.438. The minimum atomic E-state index is -0.423. The van der Waals surface area contributed by atoms with E-state index in [9.17, 15) is 9.59 Å². The van der Waals surface area contributed by atoms with Gasteiger partial charge in [-0.2, -0.15) is 0 Å². The summed E-state index contributed by atoms with van der Waals surface area (Å²) >= 11 is 6.88. The Labute approximate surface area is 230 Å². The van der Waals surface area contributed by atoms with Crippen molar-refractivity contribution in [2.45, 2.75) is 78.7 Å². The van der Waals surface area contributed by atoms with Crippen LogP contribution in [0, 0.1) is 13.8 Å². The van der Waals surface area contributed by atoms with Crippen molar-refractivity contribution >= 4 is 23.2 Å². The predicted molar refractivity (Wildman–Crippen MR) is 150 cm³/mol. The third kappa shape index (κ3) is 4.89. The van der Waals surface area contributed by atoms with Crippen LogP contribution in [0.3, 0.4) is 0 Å². The Morgan fingerprint density at radius 2 is 1.45 bits per heavy atom. The maximum absolute atomic E-state index is 13.4. The van der Waals surface area contributed by atoms with Crippen molar-refractivity contribution in [2.75, 3.05) is 13.2 Å². The molecule has 0 unspecified atom stereocenters. The number of halogens is 1. The summed E-state index contributed by atoms with van der Waals surface area (Å²) in [6.45, 7) is 9.70. The molecule has 6 heteroatoms. The lowest BCUT2D eigenvalue weighted by atomic mass is 9.71. The van der Waals surface area contributed by atoms with Gasteiger partial charge in [0.15, 0.2) is 23.1 Å². The van der Waals surface area contributed by atoms with Crippen LogP contribution in [0.4, 0.5) is 0 Å². The highest BCUT2D eigenvalue weighted by molar-refractivity contribution is 6.32. The molecule has 200 valence electrons. The normalized spacial score (nSPS) is 18.1. The van der Waals surface area contributed by atoms with Crippen LogP contribution in [0.1, 0.15) is 80.5 Å². The highest BCUT2D eigenvalue weighted by Gasteiger charge is 2.43. The van der Waals surface area contributed by atoms with E-state index in [4.69, 9.17) is 21.1 Å². The van der Waals surface area contributed by atoms with Gasteiger partial charge in [-0.15, -0.1) is 0 Å². The summed E-state index contributed by atoms with van der Waals surface area (Å²) in [6, 6.07) is 10.1. The second-order valence-corrected chi connectivity index (χ2v) is 10.9. The molecule has 2 aromatic rings. The van der Waals surface area contributed by atoms with Gasteiger partial charge in [0.2, 0.25) is 0 Å². The number of Topliss-reactive ketones (excluding diaryl/α,β-unsaturated/α-hetero) is 2. The van der Waals surface area contributed by atoms with Crippen molar-refractivity contribution < 1.29 is 19.1 Å². The third-order valence-corrected chi connectivity index (χ3v) is 8.01. The maximum Gasteiger partial charge on any atom is 0.180 e. The molecular formula is C32H36ClNO4. The molecular weight excluding hydrogens is 498 g/mol. The zero-order valence-corrected chi connectivity index (χ0v) is 23.5. The monoisotopic (exact) mass is 533 g/mol. The number of carbonyl (C=O) groups is 2. The number of ether oxygens (including phenoxy) is 2. The molecule has 0 saturated heterocycles. The molecule has 0 aromatic heterocycles. The molecule has 0 N–H and O–H groups in total. The first-order valence-electron chi connectivity index (χ1n) is 13.8. The summed E-state index contributed by atoms with van der Waals surface area (Å²) < 4.78 is 12.3. The van der Waals surface area contributed by atoms with Crippen LogP contribution in [0.2, 0.25) is 5.02 Å². The molecule has 0 amide bonds. The van der Waals surface area contributed by atoms with Gasteiger partial charge in [0.25, 0.3) is 0 Å². The van der Waals surface area contributed by atoms with Crippen molar-refractivity contribution in [3.8, 4) is 11.5 Å². The van der Waals surface area contributed by atoms with E-state index >= 15 is 0 Å². The smallest absolute Gasteiger partial charge is 0.180 e. The molecule has 5 rings (SSSR count). The molecule has 1 aliphatic heterocycles. The van der Waals surface area contributed by atoms with Crippen molar-refractivity contribution in [2.24, 2.45) is 0 Å². The van der Waals surface area contributed by atoms with Crippen LogP contribution in [-0.2, 0) is 16.2 Å². The maximum atomic E-state index is 13.4. The number of carbonyl (C=O) groups excluding carboxylic acids is 2. The van der Waals surface area contributed by atoms with Crippen LogP contribution in [0.5, 0.6) is 11.5 Å². The molecule has 2 aromatic carbocycles. The van der Waals surface area contributed by atoms with Crippen LogP contribution >= 0.6 is 11.6 Å². The Morgan fingerprint density at radius 1 is 0.842 bits per heavy atom. The predicted octanol–water partition coefficient (Wildman–Crippen LogP) is 7.37. The summed E-state index contributed by atoms with van der Waals surface area (Å²) in [5, 5.41) is 0.420. The van der Waals surface area contributed by atoms with Gasteiger partial charge in [0.1, 0.15) is 6.61 Å². The second-order valence-electron chi connectivity index (χ2n) is 10.5. The minimum absolute atomic E-state index is 0.129.